The Morgan fingerprint density at radius 3 is 2.59 bits per heavy atom. The summed E-state index contributed by atoms with van der Waals surface area (Å²) in [5, 5.41) is 15.6. The molecule has 4 aromatic rings. The number of aromatic nitrogens is 2. The van der Waals surface area contributed by atoms with Crippen molar-refractivity contribution in [2.24, 2.45) is 0 Å². The second-order valence-corrected chi connectivity index (χ2v) is 9.88. The van der Waals surface area contributed by atoms with Crippen LogP contribution in [0, 0.1) is 12.7 Å². The van der Waals surface area contributed by atoms with Crippen molar-refractivity contribution in [3.05, 3.63) is 93.7 Å². The zero-order chi connectivity index (χ0) is 27.9. The molecule has 10 heteroatoms. The van der Waals surface area contributed by atoms with Crippen LogP contribution in [0.4, 0.5) is 10.2 Å². The summed E-state index contributed by atoms with van der Waals surface area (Å²) in [7, 11) is 1.61. The van der Waals surface area contributed by atoms with Crippen LogP contribution in [0.15, 0.2) is 60.8 Å². The molecular weight excluding hydrogens is 519 g/mol. The molecule has 202 valence electrons. The number of amides is 1. The van der Waals surface area contributed by atoms with Crippen molar-refractivity contribution >= 4 is 29.2 Å². The normalized spacial score (nSPS) is 11.6. The first-order valence-corrected chi connectivity index (χ1v) is 13.2. The van der Waals surface area contributed by atoms with Crippen molar-refractivity contribution in [2.75, 3.05) is 12.4 Å². The van der Waals surface area contributed by atoms with Crippen LogP contribution in [0.3, 0.4) is 0 Å². The Balaban J connectivity index is 1.40. The maximum Gasteiger partial charge on any atom is 0.326 e. The zero-order valence-electron chi connectivity index (χ0n) is 21.8. The largest absolute Gasteiger partial charge is 0.497 e. The van der Waals surface area contributed by atoms with E-state index in [1.165, 1.54) is 23.7 Å². The number of ether oxygens (including phenoxy) is 1. The number of methoxy groups -OCH3 is 1. The number of rotatable bonds is 11. The van der Waals surface area contributed by atoms with Gasteiger partial charge in [0.2, 0.25) is 0 Å². The number of aryl methyl sites for hydroxylation is 2. The van der Waals surface area contributed by atoms with Gasteiger partial charge in [0.05, 0.1) is 19.3 Å². The number of nitrogens with zero attached hydrogens (tertiary/aromatic N) is 2. The number of carbonyl (C=O) groups is 2. The number of hydrogen-bond acceptors (Lipinski definition) is 7. The highest BCUT2D eigenvalue weighted by Gasteiger charge is 2.24. The van der Waals surface area contributed by atoms with Crippen molar-refractivity contribution in [1.82, 2.24) is 14.7 Å². The maximum atomic E-state index is 13.8. The van der Waals surface area contributed by atoms with Gasteiger partial charge in [0, 0.05) is 34.7 Å². The minimum Gasteiger partial charge on any atom is -0.497 e. The molecule has 39 heavy (non-hydrogen) atoms. The molecule has 0 fully saturated rings. The Morgan fingerprint density at radius 1 is 1.13 bits per heavy atom. The van der Waals surface area contributed by atoms with E-state index in [1.807, 2.05) is 43.3 Å². The fourth-order valence-corrected chi connectivity index (χ4v) is 4.91. The highest BCUT2D eigenvalue weighted by atomic mass is 32.1. The molecule has 1 amide bonds. The minimum atomic E-state index is -1.15. The lowest BCUT2D eigenvalue weighted by molar-refractivity contribution is -0.139. The van der Waals surface area contributed by atoms with Crippen LogP contribution in [-0.4, -0.2) is 39.5 Å². The molecule has 0 spiro atoms. The fraction of sp³-hybridized carbons (Fsp3) is 0.241. The molecule has 8 nitrogen and oxygen atoms in total. The summed E-state index contributed by atoms with van der Waals surface area (Å²) in [5.41, 5.74) is 3.78. The molecule has 3 N–H and O–H groups in total. The quantitative estimate of drug-likeness (QED) is 0.234. The Labute approximate surface area is 230 Å². The number of carboxylic acid groups (broad SMARTS) is 1. The highest BCUT2D eigenvalue weighted by Crippen LogP contribution is 2.24. The van der Waals surface area contributed by atoms with E-state index in [0.29, 0.717) is 35.5 Å². The first-order valence-electron chi connectivity index (χ1n) is 12.4. The number of halogens is 1. The van der Waals surface area contributed by atoms with Crippen LogP contribution in [0.1, 0.15) is 38.8 Å². The van der Waals surface area contributed by atoms with Crippen LogP contribution in [-0.2, 0) is 24.2 Å². The first-order chi connectivity index (χ1) is 18.8. The van der Waals surface area contributed by atoms with Gasteiger partial charge < -0.3 is 20.5 Å². The third-order valence-electron chi connectivity index (χ3n) is 6.25. The van der Waals surface area contributed by atoms with E-state index >= 15 is 0 Å². The van der Waals surface area contributed by atoms with E-state index < -0.39 is 23.7 Å². The van der Waals surface area contributed by atoms with E-state index in [2.05, 4.69) is 20.0 Å². The molecule has 0 bridgehead atoms. The molecule has 2 aromatic heterocycles. The average molecular weight is 549 g/mol. The molecule has 0 aliphatic carbocycles. The van der Waals surface area contributed by atoms with E-state index in [4.69, 9.17) is 4.74 Å². The number of hydrogen-bond donors (Lipinski definition) is 3. The predicted octanol–water partition coefficient (Wildman–Crippen LogP) is 5.26. The lowest BCUT2D eigenvalue weighted by Crippen LogP contribution is -2.42. The first kappa shape index (κ1) is 27.7. The highest BCUT2D eigenvalue weighted by molar-refractivity contribution is 7.06. The predicted molar refractivity (Wildman–Crippen MR) is 149 cm³/mol. The van der Waals surface area contributed by atoms with Crippen LogP contribution >= 0.6 is 11.5 Å². The molecule has 2 heterocycles. The Hall–Kier alpha value is -4.31. The van der Waals surface area contributed by atoms with E-state index in [1.54, 1.807) is 26.3 Å². The molecule has 1 unspecified atom stereocenters. The van der Waals surface area contributed by atoms with Gasteiger partial charge in [0.25, 0.3) is 5.91 Å². The molecule has 0 aliphatic rings. The summed E-state index contributed by atoms with van der Waals surface area (Å²) in [5.74, 6) is -0.672. The molecule has 0 aliphatic heterocycles. The maximum absolute atomic E-state index is 13.8. The smallest absolute Gasteiger partial charge is 0.326 e. The topological polar surface area (TPSA) is 113 Å². The average Bonchev–Trinajstić information content (AvgIpc) is 3.40. The van der Waals surface area contributed by atoms with Gasteiger partial charge in [0.1, 0.15) is 23.4 Å². The number of anilines is 1. The van der Waals surface area contributed by atoms with Crippen molar-refractivity contribution in [2.45, 2.75) is 39.3 Å². The third-order valence-corrected chi connectivity index (χ3v) is 7.04. The molecule has 0 saturated carbocycles. The Morgan fingerprint density at radius 2 is 1.90 bits per heavy atom. The summed E-state index contributed by atoms with van der Waals surface area (Å²) >= 11 is 1.38. The SMILES string of the molecule is CCc1cc(F)cc(C)c1C(=O)NC(Cc1ccc(-c2cc(CNc3cc(OC)ccn3)sn2)cc1)C(=O)O. The standard InChI is InChI=1S/C29H29FN4O4S/c1-4-19-13-21(30)11-17(2)27(19)28(35)33-25(29(36)37)12-18-5-7-20(8-6-18)24-15-23(39-34-24)16-32-26-14-22(38-3)9-10-31-26/h5-11,13-15,25H,4,12,16H2,1-3H3,(H,31,32)(H,33,35)(H,36,37). The minimum absolute atomic E-state index is 0.100. The summed E-state index contributed by atoms with van der Waals surface area (Å²) in [4.78, 5) is 30.2. The van der Waals surface area contributed by atoms with Crippen molar-refractivity contribution in [1.29, 1.82) is 0 Å². The van der Waals surface area contributed by atoms with Crippen molar-refractivity contribution in [3.63, 3.8) is 0 Å². The molecule has 0 radical (unpaired) electrons. The van der Waals surface area contributed by atoms with E-state index in [0.717, 1.165) is 27.4 Å². The van der Waals surface area contributed by atoms with Gasteiger partial charge in [-0.25, -0.2) is 14.2 Å². The fourth-order valence-electron chi connectivity index (χ4n) is 4.24. The molecular formula is C29H29FN4O4S. The van der Waals surface area contributed by atoms with Crippen LogP contribution in [0.5, 0.6) is 5.75 Å². The van der Waals surface area contributed by atoms with E-state index in [-0.39, 0.29) is 6.42 Å². The summed E-state index contributed by atoms with van der Waals surface area (Å²) < 4.78 is 23.5. The second kappa shape index (κ2) is 12.5. The molecule has 2 aromatic carbocycles. The zero-order valence-corrected chi connectivity index (χ0v) is 22.6. The Kier molecular flexibility index (Phi) is 8.88. The van der Waals surface area contributed by atoms with Crippen LogP contribution in [0.25, 0.3) is 11.3 Å². The molecule has 4 rings (SSSR count). The van der Waals surface area contributed by atoms with Gasteiger partial charge in [-0.1, -0.05) is 31.2 Å². The van der Waals surface area contributed by atoms with Crippen LogP contribution < -0.4 is 15.4 Å². The van der Waals surface area contributed by atoms with Gasteiger partial charge in [0.15, 0.2) is 0 Å². The monoisotopic (exact) mass is 548 g/mol. The summed E-state index contributed by atoms with van der Waals surface area (Å²) in [6, 6.07) is 14.5. The number of carboxylic acids is 1. The second-order valence-electron chi connectivity index (χ2n) is 8.99. The molecule has 1 atom stereocenters. The Bertz CT molecular complexity index is 1470. The van der Waals surface area contributed by atoms with Gasteiger partial charge in [-0.3, -0.25) is 4.79 Å². The number of aliphatic carboxylic acids is 1. The van der Waals surface area contributed by atoms with Gasteiger partial charge >= 0.3 is 5.97 Å². The lowest BCUT2D eigenvalue weighted by Gasteiger charge is -2.17. The van der Waals surface area contributed by atoms with Crippen LogP contribution in [0.2, 0.25) is 0 Å². The number of nitrogens with one attached hydrogen (secondary N) is 2. The number of pyridine rings is 1. The van der Waals surface area contributed by atoms with Gasteiger partial charge in [-0.05, 0) is 65.8 Å². The van der Waals surface area contributed by atoms with Crippen molar-refractivity contribution in [3.8, 4) is 17.0 Å². The lowest BCUT2D eigenvalue weighted by atomic mass is 9.98. The number of carbonyl (C=O) groups excluding carboxylic acids is 1. The summed E-state index contributed by atoms with van der Waals surface area (Å²) in [6.07, 6.45) is 2.23. The van der Waals surface area contributed by atoms with Gasteiger partial charge in [-0.2, -0.15) is 4.37 Å². The summed E-state index contributed by atoms with van der Waals surface area (Å²) in [6.45, 7) is 4.02. The number of benzene rings is 2. The van der Waals surface area contributed by atoms with Gasteiger partial charge in [-0.15, -0.1) is 0 Å². The molecule has 0 saturated heterocycles. The van der Waals surface area contributed by atoms with E-state index in [9.17, 15) is 19.1 Å². The third kappa shape index (κ3) is 6.97. The van der Waals surface area contributed by atoms with Crippen molar-refractivity contribution < 1.29 is 23.8 Å².